The number of ether oxygens (including phenoxy) is 1. The van der Waals surface area contributed by atoms with Crippen molar-refractivity contribution in [3.05, 3.63) is 77.9 Å². The largest absolute Gasteiger partial charge is 0.475 e. The number of aromatic nitrogens is 2. The maximum atomic E-state index is 12.0. The lowest BCUT2D eigenvalue weighted by atomic mass is 10.1. The minimum atomic E-state index is -0.113. The van der Waals surface area contributed by atoms with Gasteiger partial charge in [0.1, 0.15) is 6.61 Å². The number of nitrogens with zero attached hydrogens (tertiary/aromatic N) is 2. The standard InChI is InChI=1S/C20H19N3O2/c1-15-6-5-9-17(14-15)20(24)21-12-13-25-19-11-10-18(22-23-19)16-7-3-2-4-8-16/h2-11,14H,12-13H2,1H3,(H,21,24). The second-order valence-corrected chi connectivity index (χ2v) is 5.60. The van der Waals surface area contributed by atoms with Crippen LogP contribution in [0.25, 0.3) is 11.3 Å². The molecular formula is C20H19N3O2. The molecule has 0 aliphatic heterocycles. The molecule has 5 heteroatoms. The van der Waals surface area contributed by atoms with Gasteiger partial charge in [-0.25, -0.2) is 0 Å². The molecule has 2 aromatic carbocycles. The predicted octanol–water partition coefficient (Wildman–Crippen LogP) is 3.26. The monoisotopic (exact) mass is 333 g/mol. The molecule has 0 unspecified atom stereocenters. The SMILES string of the molecule is Cc1cccc(C(=O)NCCOc2ccc(-c3ccccc3)nn2)c1. The van der Waals surface area contributed by atoms with E-state index in [0.29, 0.717) is 24.6 Å². The molecular weight excluding hydrogens is 314 g/mol. The van der Waals surface area contributed by atoms with Crippen LogP contribution in [0, 0.1) is 6.92 Å². The summed E-state index contributed by atoms with van der Waals surface area (Å²) in [5, 5.41) is 11.0. The molecule has 126 valence electrons. The van der Waals surface area contributed by atoms with Crippen LogP contribution in [-0.2, 0) is 0 Å². The number of carbonyl (C=O) groups is 1. The number of aryl methyl sites for hydroxylation is 1. The Morgan fingerprint density at radius 1 is 1.00 bits per heavy atom. The lowest BCUT2D eigenvalue weighted by Crippen LogP contribution is -2.28. The molecule has 1 N–H and O–H groups in total. The molecule has 0 saturated heterocycles. The van der Waals surface area contributed by atoms with Gasteiger partial charge in [0.05, 0.1) is 12.2 Å². The maximum absolute atomic E-state index is 12.0. The third kappa shape index (κ3) is 4.64. The Labute approximate surface area is 146 Å². The summed E-state index contributed by atoms with van der Waals surface area (Å²) >= 11 is 0. The molecule has 1 aromatic heterocycles. The van der Waals surface area contributed by atoms with E-state index >= 15 is 0 Å². The molecule has 0 atom stereocenters. The fraction of sp³-hybridized carbons (Fsp3) is 0.150. The normalized spacial score (nSPS) is 10.3. The summed E-state index contributed by atoms with van der Waals surface area (Å²) in [5.41, 5.74) is 3.50. The van der Waals surface area contributed by atoms with Gasteiger partial charge in [-0.15, -0.1) is 10.2 Å². The van der Waals surface area contributed by atoms with E-state index in [4.69, 9.17) is 4.74 Å². The van der Waals surface area contributed by atoms with Crippen LogP contribution in [0.3, 0.4) is 0 Å². The Hall–Kier alpha value is -3.21. The first-order valence-corrected chi connectivity index (χ1v) is 8.09. The van der Waals surface area contributed by atoms with E-state index in [9.17, 15) is 4.79 Å². The molecule has 3 rings (SSSR count). The smallest absolute Gasteiger partial charge is 0.251 e. The average Bonchev–Trinajstić information content (AvgIpc) is 2.66. The van der Waals surface area contributed by atoms with E-state index in [0.717, 1.165) is 16.8 Å². The third-order valence-electron chi connectivity index (χ3n) is 3.63. The van der Waals surface area contributed by atoms with E-state index in [1.165, 1.54) is 0 Å². The molecule has 25 heavy (non-hydrogen) atoms. The number of rotatable bonds is 6. The highest BCUT2D eigenvalue weighted by Crippen LogP contribution is 2.16. The summed E-state index contributed by atoms with van der Waals surface area (Å²) in [4.78, 5) is 12.0. The number of carbonyl (C=O) groups excluding carboxylic acids is 1. The van der Waals surface area contributed by atoms with Gasteiger partial charge in [-0.2, -0.15) is 0 Å². The Morgan fingerprint density at radius 3 is 2.56 bits per heavy atom. The lowest BCUT2D eigenvalue weighted by molar-refractivity contribution is 0.0946. The molecule has 0 aliphatic rings. The van der Waals surface area contributed by atoms with E-state index in [1.807, 2.05) is 61.5 Å². The van der Waals surface area contributed by atoms with Crippen LogP contribution < -0.4 is 10.1 Å². The topological polar surface area (TPSA) is 64.1 Å². The molecule has 0 saturated carbocycles. The summed E-state index contributed by atoms with van der Waals surface area (Å²) in [5.74, 6) is 0.322. The minimum Gasteiger partial charge on any atom is -0.475 e. The highest BCUT2D eigenvalue weighted by molar-refractivity contribution is 5.94. The number of amides is 1. The fourth-order valence-electron chi connectivity index (χ4n) is 2.37. The summed E-state index contributed by atoms with van der Waals surface area (Å²) in [6.45, 7) is 2.68. The Bertz CT molecular complexity index is 833. The Morgan fingerprint density at radius 2 is 1.84 bits per heavy atom. The van der Waals surface area contributed by atoms with Crippen LogP contribution in [0.15, 0.2) is 66.7 Å². The van der Waals surface area contributed by atoms with Gasteiger partial charge in [0.15, 0.2) is 0 Å². The van der Waals surface area contributed by atoms with E-state index in [2.05, 4.69) is 15.5 Å². The van der Waals surface area contributed by atoms with Gasteiger partial charge < -0.3 is 10.1 Å². The van der Waals surface area contributed by atoms with Gasteiger partial charge in [-0.3, -0.25) is 4.79 Å². The van der Waals surface area contributed by atoms with E-state index in [-0.39, 0.29) is 5.91 Å². The molecule has 0 aliphatic carbocycles. The van der Waals surface area contributed by atoms with Gasteiger partial charge in [-0.1, -0.05) is 48.0 Å². The van der Waals surface area contributed by atoms with Crippen molar-refractivity contribution in [2.45, 2.75) is 6.92 Å². The number of hydrogen-bond donors (Lipinski definition) is 1. The summed E-state index contributed by atoms with van der Waals surface area (Å²) < 4.78 is 5.52. The van der Waals surface area contributed by atoms with Crippen molar-refractivity contribution < 1.29 is 9.53 Å². The van der Waals surface area contributed by atoms with E-state index in [1.54, 1.807) is 12.1 Å². The average molecular weight is 333 g/mol. The summed E-state index contributed by atoms with van der Waals surface area (Å²) in [6, 6.07) is 20.9. The molecule has 5 nitrogen and oxygen atoms in total. The van der Waals surface area contributed by atoms with Crippen molar-refractivity contribution >= 4 is 5.91 Å². The van der Waals surface area contributed by atoms with Gasteiger partial charge >= 0.3 is 0 Å². The minimum absolute atomic E-state index is 0.113. The van der Waals surface area contributed by atoms with Crippen LogP contribution in [0.1, 0.15) is 15.9 Å². The van der Waals surface area contributed by atoms with Crippen LogP contribution in [0.2, 0.25) is 0 Å². The third-order valence-corrected chi connectivity index (χ3v) is 3.63. The van der Waals surface area contributed by atoms with Crippen molar-refractivity contribution in [2.24, 2.45) is 0 Å². The number of benzene rings is 2. The summed E-state index contributed by atoms with van der Waals surface area (Å²) in [6.07, 6.45) is 0. The highest BCUT2D eigenvalue weighted by Gasteiger charge is 2.05. The van der Waals surface area contributed by atoms with Crippen LogP contribution in [0.4, 0.5) is 0 Å². The van der Waals surface area contributed by atoms with Crippen molar-refractivity contribution in [1.82, 2.24) is 15.5 Å². The van der Waals surface area contributed by atoms with Gasteiger partial charge in [0.2, 0.25) is 5.88 Å². The fourth-order valence-corrected chi connectivity index (χ4v) is 2.37. The van der Waals surface area contributed by atoms with Crippen molar-refractivity contribution in [2.75, 3.05) is 13.2 Å². The zero-order valence-corrected chi connectivity index (χ0v) is 14.0. The van der Waals surface area contributed by atoms with Gasteiger partial charge in [-0.05, 0) is 25.1 Å². The van der Waals surface area contributed by atoms with Crippen molar-refractivity contribution in [3.8, 4) is 17.1 Å². The zero-order chi connectivity index (χ0) is 17.5. The maximum Gasteiger partial charge on any atom is 0.251 e. The lowest BCUT2D eigenvalue weighted by Gasteiger charge is -2.07. The van der Waals surface area contributed by atoms with E-state index < -0.39 is 0 Å². The number of hydrogen-bond acceptors (Lipinski definition) is 4. The summed E-state index contributed by atoms with van der Waals surface area (Å²) in [7, 11) is 0. The van der Waals surface area contributed by atoms with Crippen LogP contribution in [0.5, 0.6) is 5.88 Å². The first-order valence-electron chi connectivity index (χ1n) is 8.09. The predicted molar refractivity (Wildman–Crippen MR) is 96.5 cm³/mol. The first-order chi connectivity index (χ1) is 12.2. The Kier molecular flexibility index (Phi) is 5.36. The Balaban J connectivity index is 1.47. The molecule has 3 aromatic rings. The van der Waals surface area contributed by atoms with Crippen LogP contribution >= 0.6 is 0 Å². The molecule has 1 heterocycles. The molecule has 0 spiro atoms. The molecule has 1 amide bonds. The van der Waals surface area contributed by atoms with Crippen molar-refractivity contribution in [3.63, 3.8) is 0 Å². The second-order valence-electron chi connectivity index (χ2n) is 5.60. The van der Waals surface area contributed by atoms with Crippen LogP contribution in [-0.4, -0.2) is 29.3 Å². The van der Waals surface area contributed by atoms with Gasteiger partial charge in [0, 0.05) is 17.2 Å². The molecule has 0 radical (unpaired) electrons. The first kappa shape index (κ1) is 16.6. The van der Waals surface area contributed by atoms with Gasteiger partial charge in [0.25, 0.3) is 5.91 Å². The number of nitrogens with one attached hydrogen (secondary N) is 1. The molecule has 0 bridgehead atoms. The quantitative estimate of drug-likeness (QED) is 0.703. The second kappa shape index (κ2) is 8.06. The molecule has 0 fully saturated rings. The zero-order valence-electron chi connectivity index (χ0n) is 14.0. The highest BCUT2D eigenvalue weighted by atomic mass is 16.5. The van der Waals surface area contributed by atoms with Crippen molar-refractivity contribution in [1.29, 1.82) is 0 Å².